The molecule has 0 aliphatic carbocycles. The van der Waals surface area contributed by atoms with Crippen molar-refractivity contribution in [1.29, 1.82) is 0 Å². The maximum Gasteiger partial charge on any atom is 0.119 e. The van der Waals surface area contributed by atoms with E-state index in [0.29, 0.717) is 12.0 Å². The van der Waals surface area contributed by atoms with Crippen molar-refractivity contribution in [2.24, 2.45) is 5.92 Å². The molecule has 1 unspecified atom stereocenters. The summed E-state index contributed by atoms with van der Waals surface area (Å²) >= 11 is 0. The van der Waals surface area contributed by atoms with Gasteiger partial charge in [-0.3, -0.25) is 0 Å². The summed E-state index contributed by atoms with van der Waals surface area (Å²) in [6.45, 7) is 8.53. The van der Waals surface area contributed by atoms with E-state index in [0.717, 1.165) is 44.6 Å². The normalized spacial score (nSPS) is 12.3. The maximum atomic E-state index is 5.81. The van der Waals surface area contributed by atoms with Crippen LogP contribution in [0.1, 0.15) is 57.2 Å². The second-order valence-corrected chi connectivity index (χ2v) is 7.10. The van der Waals surface area contributed by atoms with Gasteiger partial charge in [-0.25, -0.2) is 0 Å². The zero-order chi connectivity index (χ0) is 17.9. The number of benzene rings is 2. The standard InChI is InChI=1S/C23H33NO/c1-4-23(24-17-8-11-20-9-6-5-7-10-20)21-12-14-22(15-13-21)25-18-16-19(2)3/h5-7,9-10,12-15,19,23-24H,4,8,11,16-18H2,1-3H3. The lowest BCUT2D eigenvalue weighted by molar-refractivity contribution is 0.289. The Balaban J connectivity index is 1.75. The van der Waals surface area contributed by atoms with Crippen LogP contribution in [-0.2, 0) is 6.42 Å². The first kappa shape index (κ1) is 19.5. The van der Waals surface area contributed by atoms with E-state index in [1.54, 1.807) is 0 Å². The average molecular weight is 340 g/mol. The Labute approximate surface area is 153 Å². The van der Waals surface area contributed by atoms with Gasteiger partial charge >= 0.3 is 0 Å². The molecule has 0 fully saturated rings. The largest absolute Gasteiger partial charge is 0.494 e. The van der Waals surface area contributed by atoms with Gasteiger partial charge in [0.1, 0.15) is 5.75 Å². The van der Waals surface area contributed by atoms with Gasteiger partial charge in [0.2, 0.25) is 0 Å². The van der Waals surface area contributed by atoms with Crippen LogP contribution in [-0.4, -0.2) is 13.2 Å². The molecule has 2 aromatic rings. The van der Waals surface area contributed by atoms with E-state index in [1.807, 2.05) is 0 Å². The van der Waals surface area contributed by atoms with Gasteiger partial charge < -0.3 is 10.1 Å². The fourth-order valence-corrected chi connectivity index (χ4v) is 2.92. The number of nitrogens with one attached hydrogen (secondary N) is 1. The van der Waals surface area contributed by atoms with E-state index in [-0.39, 0.29) is 0 Å². The lowest BCUT2D eigenvalue weighted by Crippen LogP contribution is -2.22. The topological polar surface area (TPSA) is 21.3 Å². The third-order valence-electron chi connectivity index (χ3n) is 4.53. The van der Waals surface area contributed by atoms with Crippen molar-refractivity contribution in [3.8, 4) is 5.75 Å². The fraction of sp³-hybridized carbons (Fsp3) is 0.478. The molecule has 1 atom stereocenters. The SMILES string of the molecule is CCC(NCCCc1ccccc1)c1ccc(OCCC(C)C)cc1. The molecule has 0 heterocycles. The number of rotatable bonds is 11. The summed E-state index contributed by atoms with van der Waals surface area (Å²) in [5, 5.41) is 3.69. The van der Waals surface area contributed by atoms with Crippen LogP contribution < -0.4 is 10.1 Å². The third kappa shape index (κ3) is 7.31. The highest BCUT2D eigenvalue weighted by Crippen LogP contribution is 2.20. The summed E-state index contributed by atoms with van der Waals surface area (Å²) in [5.41, 5.74) is 2.76. The van der Waals surface area contributed by atoms with Gasteiger partial charge in [-0.2, -0.15) is 0 Å². The van der Waals surface area contributed by atoms with E-state index < -0.39 is 0 Å². The van der Waals surface area contributed by atoms with E-state index >= 15 is 0 Å². The van der Waals surface area contributed by atoms with Crippen molar-refractivity contribution in [3.63, 3.8) is 0 Å². The van der Waals surface area contributed by atoms with Crippen molar-refractivity contribution in [2.75, 3.05) is 13.2 Å². The molecular formula is C23H33NO. The molecule has 1 N–H and O–H groups in total. The number of hydrogen-bond acceptors (Lipinski definition) is 2. The molecule has 0 amide bonds. The molecule has 2 rings (SSSR count). The first-order valence-electron chi connectivity index (χ1n) is 9.69. The maximum absolute atomic E-state index is 5.81. The molecule has 0 bridgehead atoms. The molecule has 2 heteroatoms. The predicted octanol–water partition coefficient (Wildman–Crippen LogP) is 5.79. The summed E-state index contributed by atoms with van der Waals surface area (Å²) in [6, 6.07) is 19.7. The summed E-state index contributed by atoms with van der Waals surface area (Å²) in [5.74, 6) is 1.66. The summed E-state index contributed by atoms with van der Waals surface area (Å²) in [7, 11) is 0. The molecular weight excluding hydrogens is 306 g/mol. The molecule has 0 saturated heterocycles. The molecule has 2 nitrogen and oxygen atoms in total. The number of hydrogen-bond donors (Lipinski definition) is 1. The van der Waals surface area contributed by atoms with Crippen LogP contribution in [0.2, 0.25) is 0 Å². The van der Waals surface area contributed by atoms with Gasteiger partial charge in [0.15, 0.2) is 0 Å². The zero-order valence-electron chi connectivity index (χ0n) is 16.0. The smallest absolute Gasteiger partial charge is 0.119 e. The molecule has 0 spiro atoms. The molecule has 0 aliphatic heterocycles. The summed E-state index contributed by atoms with van der Waals surface area (Å²) in [4.78, 5) is 0. The fourth-order valence-electron chi connectivity index (χ4n) is 2.92. The lowest BCUT2D eigenvalue weighted by atomic mass is 10.0. The Morgan fingerprint density at radius 3 is 2.32 bits per heavy atom. The highest BCUT2D eigenvalue weighted by molar-refractivity contribution is 5.29. The highest BCUT2D eigenvalue weighted by atomic mass is 16.5. The van der Waals surface area contributed by atoms with Crippen LogP contribution >= 0.6 is 0 Å². The summed E-state index contributed by atoms with van der Waals surface area (Å²) < 4.78 is 5.81. The van der Waals surface area contributed by atoms with Crippen molar-refractivity contribution in [3.05, 3.63) is 65.7 Å². The van der Waals surface area contributed by atoms with Gasteiger partial charge in [0.05, 0.1) is 6.61 Å². The van der Waals surface area contributed by atoms with Gasteiger partial charge in [-0.05, 0) is 61.4 Å². The first-order valence-corrected chi connectivity index (χ1v) is 9.69. The van der Waals surface area contributed by atoms with Crippen LogP contribution in [0, 0.1) is 5.92 Å². The Morgan fingerprint density at radius 1 is 0.960 bits per heavy atom. The first-order chi connectivity index (χ1) is 12.2. The molecule has 25 heavy (non-hydrogen) atoms. The monoisotopic (exact) mass is 339 g/mol. The van der Waals surface area contributed by atoms with Crippen LogP contribution in [0.4, 0.5) is 0 Å². The second kappa shape index (κ2) is 10.9. The minimum Gasteiger partial charge on any atom is -0.494 e. The Kier molecular flexibility index (Phi) is 8.54. The minimum atomic E-state index is 0.417. The molecule has 2 aromatic carbocycles. The number of aryl methyl sites for hydroxylation is 1. The Bertz CT molecular complexity index is 577. The highest BCUT2D eigenvalue weighted by Gasteiger charge is 2.08. The van der Waals surface area contributed by atoms with E-state index in [2.05, 4.69) is 80.7 Å². The molecule has 0 radical (unpaired) electrons. The van der Waals surface area contributed by atoms with Crippen LogP contribution in [0.5, 0.6) is 5.75 Å². The molecule has 0 aliphatic rings. The van der Waals surface area contributed by atoms with E-state index in [4.69, 9.17) is 4.74 Å². The second-order valence-electron chi connectivity index (χ2n) is 7.10. The van der Waals surface area contributed by atoms with Crippen LogP contribution in [0.3, 0.4) is 0 Å². The van der Waals surface area contributed by atoms with E-state index in [9.17, 15) is 0 Å². The molecule has 0 aromatic heterocycles. The lowest BCUT2D eigenvalue weighted by Gasteiger charge is -2.18. The Morgan fingerprint density at radius 2 is 1.68 bits per heavy atom. The predicted molar refractivity (Wildman–Crippen MR) is 107 cm³/mol. The van der Waals surface area contributed by atoms with Gasteiger partial charge in [-0.1, -0.05) is 63.2 Å². The average Bonchev–Trinajstić information content (AvgIpc) is 2.63. The van der Waals surface area contributed by atoms with Crippen molar-refractivity contribution in [1.82, 2.24) is 5.32 Å². The number of ether oxygens (including phenoxy) is 1. The molecule has 0 saturated carbocycles. The van der Waals surface area contributed by atoms with Gasteiger partial charge in [-0.15, -0.1) is 0 Å². The minimum absolute atomic E-state index is 0.417. The van der Waals surface area contributed by atoms with Crippen LogP contribution in [0.15, 0.2) is 54.6 Å². The van der Waals surface area contributed by atoms with Gasteiger partial charge in [0, 0.05) is 6.04 Å². The van der Waals surface area contributed by atoms with Crippen molar-refractivity contribution < 1.29 is 4.74 Å². The van der Waals surface area contributed by atoms with Gasteiger partial charge in [0.25, 0.3) is 0 Å². The summed E-state index contributed by atoms with van der Waals surface area (Å²) in [6.07, 6.45) is 4.49. The van der Waals surface area contributed by atoms with Crippen molar-refractivity contribution >= 4 is 0 Å². The van der Waals surface area contributed by atoms with Crippen molar-refractivity contribution in [2.45, 2.75) is 52.5 Å². The van der Waals surface area contributed by atoms with E-state index in [1.165, 1.54) is 11.1 Å². The van der Waals surface area contributed by atoms with Crippen LogP contribution in [0.25, 0.3) is 0 Å². The third-order valence-corrected chi connectivity index (χ3v) is 4.53. The molecule has 136 valence electrons. The quantitative estimate of drug-likeness (QED) is 0.524. The zero-order valence-corrected chi connectivity index (χ0v) is 16.0. The Hall–Kier alpha value is -1.80.